The molecule has 102 valence electrons. The van der Waals surface area contributed by atoms with Gasteiger partial charge >= 0.3 is 0 Å². The van der Waals surface area contributed by atoms with E-state index in [-0.39, 0.29) is 4.90 Å². The Morgan fingerprint density at radius 2 is 1.61 bits per heavy atom. The number of nitrogens with one attached hydrogen (secondary N) is 1. The van der Waals surface area contributed by atoms with Gasteiger partial charge in [0, 0.05) is 12.0 Å². The largest absolute Gasteiger partial charge is 0.317 e. The van der Waals surface area contributed by atoms with Crippen LogP contribution < -0.4 is 10.5 Å². The molecular formula is C13H22N2O2S. The predicted octanol–water partition coefficient (Wildman–Crippen LogP) is 1.68. The summed E-state index contributed by atoms with van der Waals surface area (Å²) in [6, 6.07) is 7.16. The van der Waals surface area contributed by atoms with Gasteiger partial charge in [0.25, 0.3) is 0 Å². The molecule has 1 aromatic carbocycles. The van der Waals surface area contributed by atoms with Crippen LogP contribution in [0.5, 0.6) is 0 Å². The van der Waals surface area contributed by atoms with Crippen LogP contribution in [-0.4, -0.2) is 21.5 Å². The van der Waals surface area contributed by atoms with Gasteiger partial charge in [0.15, 0.2) is 0 Å². The quantitative estimate of drug-likeness (QED) is 0.855. The number of primary sulfonamides is 1. The first-order valence-corrected chi connectivity index (χ1v) is 7.62. The van der Waals surface area contributed by atoms with Crippen molar-refractivity contribution in [1.29, 1.82) is 0 Å². The molecule has 5 heteroatoms. The lowest BCUT2D eigenvalue weighted by Gasteiger charge is -2.27. The number of rotatable bonds is 5. The zero-order chi connectivity index (χ0) is 13.9. The lowest BCUT2D eigenvalue weighted by atomic mass is 9.83. The van der Waals surface area contributed by atoms with E-state index >= 15 is 0 Å². The van der Waals surface area contributed by atoms with E-state index in [0.29, 0.717) is 17.9 Å². The van der Waals surface area contributed by atoms with Gasteiger partial charge in [-0.05, 0) is 37.6 Å². The summed E-state index contributed by atoms with van der Waals surface area (Å²) in [7, 11) is -1.68. The monoisotopic (exact) mass is 270 g/mol. The molecule has 0 aliphatic carbocycles. The minimum absolute atomic E-state index is 0.158. The van der Waals surface area contributed by atoms with Gasteiger partial charge in [-0.1, -0.05) is 26.0 Å². The topological polar surface area (TPSA) is 72.2 Å². The smallest absolute Gasteiger partial charge is 0.238 e. The summed E-state index contributed by atoms with van der Waals surface area (Å²) in [4.78, 5) is 0.158. The van der Waals surface area contributed by atoms with Crippen LogP contribution in [0.1, 0.15) is 32.3 Å². The average Bonchev–Trinajstić information content (AvgIpc) is 2.28. The molecule has 0 fully saturated rings. The predicted molar refractivity (Wildman–Crippen MR) is 73.9 cm³/mol. The van der Waals surface area contributed by atoms with Crippen molar-refractivity contribution in [2.24, 2.45) is 11.1 Å². The van der Waals surface area contributed by atoms with Crippen molar-refractivity contribution >= 4 is 10.0 Å². The number of hydrogen-bond donors (Lipinski definition) is 2. The molecule has 1 rings (SSSR count). The molecule has 0 saturated heterocycles. The molecule has 0 spiro atoms. The van der Waals surface area contributed by atoms with Crippen molar-refractivity contribution in [2.45, 2.75) is 37.6 Å². The Bertz CT molecular complexity index is 480. The number of nitrogens with two attached hydrogens (primary N) is 1. The van der Waals surface area contributed by atoms with Crippen LogP contribution >= 0.6 is 0 Å². The summed E-state index contributed by atoms with van der Waals surface area (Å²) >= 11 is 0. The van der Waals surface area contributed by atoms with Gasteiger partial charge in [-0.3, -0.25) is 0 Å². The number of hydrogen-bond acceptors (Lipinski definition) is 3. The lowest BCUT2D eigenvalue weighted by molar-refractivity contribution is 0.395. The molecule has 0 aliphatic heterocycles. The summed E-state index contributed by atoms with van der Waals surface area (Å²) in [5.74, 6) is 0.803. The molecule has 3 N–H and O–H groups in total. The molecule has 0 saturated carbocycles. The first-order chi connectivity index (χ1) is 8.27. The van der Waals surface area contributed by atoms with E-state index < -0.39 is 10.0 Å². The Balaban J connectivity index is 3.09. The molecule has 0 aromatic heterocycles. The normalized spacial score (nSPS) is 15.7. The van der Waals surface area contributed by atoms with Gasteiger partial charge in [-0.2, -0.15) is 0 Å². The average molecular weight is 270 g/mol. The van der Waals surface area contributed by atoms with Crippen LogP contribution in [0.25, 0.3) is 0 Å². The van der Waals surface area contributed by atoms with Crippen LogP contribution in [0.4, 0.5) is 0 Å². The Morgan fingerprint density at radius 1 is 1.11 bits per heavy atom. The van der Waals surface area contributed by atoms with E-state index in [1.165, 1.54) is 0 Å². The highest BCUT2D eigenvalue weighted by Crippen LogP contribution is 2.28. The Labute approximate surface area is 110 Å². The third-order valence-electron chi connectivity index (χ3n) is 3.31. The van der Waals surface area contributed by atoms with Crippen molar-refractivity contribution in [1.82, 2.24) is 5.32 Å². The molecule has 0 heterocycles. The van der Waals surface area contributed by atoms with E-state index in [4.69, 9.17) is 5.14 Å². The van der Waals surface area contributed by atoms with Gasteiger partial charge in [0.2, 0.25) is 10.0 Å². The second-order valence-corrected chi connectivity index (χ2v) is 6.52. The molecule has 4 nitrogen and oxygen atoms in total. The van der Waals surface area contributed by atoms with Gasteiger partial charge < -0.3 is 5.32 Å². The fraction of sp³-hybridized carbons (Fsp3) is 0.538. The van der Waals surface area contributed by atoms with Crippen LogP contribution in [0, 0.1) is 5.92 Å². The highest BCUT2D eigenvalue weighted by atomic mass is 32.2. The Kier molecular flexibility index (Phi) is 4.90. The van der Waals surface area contributed by atoms with Crippen LogP contribution in [0.3, 0.4) is 0 Å². The van der Waals surface area contributed by atoms with Crippen molar-refractivity contribution in [2.75, 3.05) is 7.05 Å². The highest BCUT2D eigenvalue weighted by Gasteiger charge is 2.22. The Hall–Kier alpha value is -0.910. The summed E-state index contributed by atoms with van der Waals surface area (Å²) in [6.45, 7) is 6.44. The first-order valence-electron chi connectivity index (χ1n) is 6.07. The maximum Gasteiger partial charge on any atom is 0.238 e. The Morgan fingerprint density at radius 3 is 1.94 bits per heavy atom. The van der Waals surface area contributed by atoms with E-state index in [1.807, 2.05) is 19.2 Å². The van der Waals surface area contributed by atoms with Crippen molar-refractivity contribution in [3.63, 3.8) is 0 Å². The van der Waals surface area contributed by atoms with E-state index in [1.54, 1.807) is 12.1 Å². The third-order valence-corrected chi connectivity index (χ3v) is 4.24. The minimum Gasteiger partial charge on any atom is -0.317 e. The van der Waals surface area contributed by atoms with Crippen LogP contribution in [0.15, 0.2) is 29.2 Å². The van der Waals surface area contributed by atoms with Gasteiger partial charge in [-0.15, -0.1) is 0 Å². The molecule has 1 aromatic rings. The maximum atomic E-state index is 11.2. The van der Waals surface area contributed by atoms with E-state index in [2.05, 4.69) is 26.1 Å². The van der Waals surface area contributed by atoms with Crippen molar-refractivity contribution < 1.29 is 8.42 Å². The molecule has 2 unspecified atom stereocenters. The van der Waals surface area contributed by atoms with Gasteiger partial charge in [0.1, 0.15) is 0 Å². The van der Waals surface area contributed by atoms with Crippen molar-refractivity contribution in [3.8, 4) is 0 Å². The molecule has 0 bridgehead atoms. The summed E-state index contributed by atoms with van der Waals surface area (Å²) in [5.41, 5.74) is 1.12. The van der Waals surface area contributed by atoms with Crippen molar-refractivity contribution in [3.05, 3.63) is 29.8 Å². The van der Waals surface area contributed by atoms with Gasteiger partial charge in [-0.25, -0.2) is 13.6 Å². The van der Waals surface area contributed by atoms with Crippen LogP contribution in [-0.2, 0) is 10.0 Å². The van der Waals surface area contributed by atoms with E-state index in [9.17, 15) is 8.42 Å². The number of likely N-dealkylation sites (N-methyl/N-ethyl adjacent to an activating group) is 1. The molecule has 2 atom stereocenters. The molecule has 0 radical (unpaired) electrons. The third kappa shape index (κ3) is 3.54. The fourth-order valence-electron chi connectivity index (χ4n) is 2.31. The fourth-order valence-corrected chi connectivity index (χ4v) is 2.83. The first kappa shape index (κ1) is 15.1. The summed E-state index contributed by atoms with van der Waals surface area (Å²) in [5, 5.41) is 8.34. The second kappa shape index (κ2) is 5.82. The van der Waals surface area contributed by atoms with Gasteiger partial charge in [0.05, 0.1) is 4.90 Å². The molecular weight excluding hydrogens is 248 g/mol. The lowest BCUT2D eigenvalue weighted by Crippen LogP contribution is -2.31. The maximum absolute atomic E-state index is 11.2. The minimum atomic E-state index is -3.61. The molecule has 18 heavy (non-hydrogen) atoms. The summed E-state index contributed by atoms with van der Waals surface area (Å²) in [6.07, 6.45) is 0. The number of sulfonamides is 1. The van der Waals surface area contributed by atoms with Crippen LogP contribution in [0.2, 0.25) is 0 Å². The highest BCUT2D eigenvalue weighted by molar-refractivity contribution is 7.89. The number of benzene rings is 1. The standard InChI is InChI=1S/C13H22N2O2S/c1-9(2)13(10(3)15-4)11-5-7-12(8-6-11)18(14,16)17/h5-10,13,15H,1-4H3,(H2,14,16,17). The zero-order valence-electron chi connectivity index (χ0n) is 11.3. The SMILES string of the molecule is CNC(C)C(c1ccc(S(N)(=O)=O)cc1)C(C)C. The summed E-state index contributed by atoms with van der Waals surface area (Å²) < 4.78 is 22.4. The molecule has 0 amide bonds. The van der Waals surface area contributed by atoms with E-state index in [0.717, 1.165) is 5.56 Å². The zero-order valence-corrected chi connectivity index (χ0v) is 12.2. The molecule has 0 aliphatic rings. The second-order valence-electron chi connectivity index (χ2n) is 4.96.